The van der Waals surface area contributed by atoms with Crippen molar-refractivity contribution in [2.24, 2.45) is 4.99 Å². The van der Waals surface area contributed by atoms with Crippen LogP contribution in [0, 0.1) is 5.41 Å². The summed E-state index contributed by atoms with van der Waals surface area (Å²) in [6.45, 7) is 10.4. The molecular formula is C20H29ClN2. The van der Waals surface area contributed by atoms with Crippen molar-refractivity contribution in [2.45, 2.75) is 65.3 Å². The van der Waals surface area contributed by atoms with E-state index in [1.807, 2.05) is 19.2 Å². The summed E-state index contributed by atoms with van der Waals surface area (Å²) >= 11 is 6.45. The summed E-state index contributed by atoms with van der Waals surface area (Å²) in [6.07, 6.45) is 13.5. The van der Waals surface area contributed by atoms with Crippen LogP contribution in [0.5, 0.6) is 0 Å². The van der Waals surface area contributed by atoms with E-state index in [1.165, 1.54) is 11.1 Å². The number of rotatable bonds is 8. The number of nitrogens with one attached hydrogen (secondary N) is 1. The zero-order chi connectivity index (χ0) is 17.2. The predicted molar refractivity (Wildman–Crippen MR) is 104 cm³/mol. The minimum absolute atomic E-state index is 0.0534. The zero-order valence-electron chi connectivity index (χ0n) is 14.7. The van der Waals surface area contributed by atoms with E-state index in [1.54, 1.807) is 0 Å². The molecule has 0 aromatic carbocycles. The summed E-state index contributed by atoms with van der Waals surface area (Å²) in [4.78, 5) is 4.72. The van der Waals surface area contributed by atoms with Gasteiger partial charge in [0.2, 0.25) is 0 Å². The third kappa shape index (κ3) is 5.95. The van der Waals surface area contributed by atoms with Gasteiger partial charge in [0.15, 0.2) is 0 Å². The Morgan fingerprint density at radius 2 is 2.22 bits per heavy atom. The summed E-state index contributed by atoms with van der Waals surface area (Å²) in [5.41, 5.74) is 4.34. The fourth-order valence-corrected chi connectivity index (χ4v) is 2.90. The van der Waals surface area contributed by atoms with Crippen LogP contribution in [0.3, 0.4) is 0 Å². The Hall–Kier alpha value is -1.41. The highest BCUT2D eigenvalue weighted by atomic mass is 35.5. The van der Waals surface area contributed by atoms with Crippen LogP contribution in [0.15, 0.2) is 51.6 Å². The van der Waals surface area contributed by atoms with Gasteiger partial charge in [0.05, 0.1) is 6.04 Å². The normalized spacial score (nSPS) is 19.3. The van der Waals surface area contributed by atoms with Crippen molar-refractivity contribution in [3.05, 3.63) is 46.6 Å². The minimum Gasteiger partial charge on any atom is -0.309 e. The number of hydrogen-bond acceptors (Lipinski definition) is 2. The lowest BCUT2D eigenvalue weighted by Crippen LogP contribution is -2.13. The van der Waals surface area contributed by atoms with E-state index in [2.05, 4.69) is 32.6 Å². The van der Waals surface area contributed by atoms with Gasteiger partial charge in [0.25, 0.3) is 0 Å². The summed E-state index contributed by atoms with van der Waals surface area (Å²) in [5.74, 6) is 0. The van der Waals surface area contributed by atoms with Crippen molar-refractivity contribution in [1.29, 1.82) is 5.41 Å². The first-order valence-corrected chi connectivity index (χ1v) is 8.87. The van der Waals surface area contributed by atoms with Crippen molar-refractivity contribution in [3.63, 3.8) is 0 Å². The third-order valence-corrected chi connectivity index (χ3v) is 4.58. The average molecular weight is 333 g/mol. The maximum Gasteiger partial charge on any atom is 0.0966 e. The second-order valence-corrected chi connectivity index (χ2v) is 6.17. The molecule has 1 unspecified atom stereocenters. The maximum absolute atomic E-state index is 7.76. The van der Waals surface area contributed by atoms with Gasteiger partial charge >= 0.3 is 0 Å². The van der Waals surface area contributed by atoms with Crippen LogP contribution in [-0.4, -0.2) is 18.0 Å². The lowest BCUT2D eigenvalue weighted by molar-refractivity contribution is 0.824. The second kappa shape index (κ2) is 10.4. The monoisotopic (exact) mass is 332 g/mol. The molecule has 0 radical (unpaired) electrons. The summed E-state index contributed by atoms with van der Waals surface area (Å²) in [6, 6.07) is -0.0534. The van der Waals surface area contributed by atoms with Crippen LogP contribution in [-0.2, 0) is 0 Å². The highest BCUT2D eigenvalue weighted by molar-refractivity contribution is 6.32. The lowest BCUT2D eigenvalue weighted by atomic mass is 9.90. The molecule has 0 aliphatic carbocycles. The average Bonchev–Trinajstić information content (AvgIpc) is 2.78. The van der Waals surface area contributed by atoms with Gasteiger partial charge in [-0.25, -0.2) is 0 Å². The maximum atomic E-state index is 7.76. The first kappa shape index (κ1) is 19.6. The fraction of sp³-hybridized carbons (Fsp3) is 0.500. The molecule has 1 aliphatic rings. The Morgan fingerprint density at radius 3 is 2.83 bits per heavy atom. The van der Waals surface area contributed by atoms with Crippen LogP contribution in [0.2, 0.25) is 0 Å². The van der Waals surface area contributed by atoms with Crippen LogP contribution < -0.4 is 0 Å². The largest absolute Gasteiger partial charge is 0.309 e. The molecule has 0 bridgehead atoms. The van der Waals surface area contributed by atoms with Crippen molar-refractivity contribution in [2.75, 3.05) is 0 Å². The van der Waals surface area contributed by atoms with E-state index in [9.17, 15) is 0 Å². The van der Waals surface area contributed by atoms with Crippen molar-refractivity contribution < 1.29 is 0 Å². The lowest BCUT2D eigenvalue weighted by Gasteiger charge is -2.20. The van der Waals surface area contributed by atoms with Crippen LogP contribution in [0.1, 0.15) is 59.3 Å². The minimum atomic E-state index is -0.0534. The molecule has 0 amide bonds. The quantitative estimate of drug-likeness (QED) is 0.303. The highest BCUT2D eigenvalue weighted by Crippen LogP contribution is 2.32. The highest BCUT2D eigenvalue weighted by Gasteiger charge is 2.21. The van der Waals surface area contributed by atoms with Crippen LogP contribution in [0.4, 0.5) is 0 Å². The zero-order valence-corrected chi connectivity index (χ0v) is 15.4. The molecule has 0 aromatic rings. The first-order valence-electron chi connectivity index (χ1n) is 8.49. The number of nitrogens with zero attached hydrogens (tertiary/aromatic N) is 1. The molecule has 0 fully saturated rings. The number of allylic oxidation sites excluding steroid dienone is 4. The molecule has 0 spiro atoms. The fourth-order valence-electron chi connectivity index (χ4n) is 2.72. The van der Waals surface area contributed by atoms with Crippen LogP contribution in [0.25, 0.3) is 0 Å². The molecule has 1 atom stereocenters. The number of hydrogen-bond donors (Lipinski definition) is 1. The van der Waals surface area contributed by atoms with E-state index < -0.39 is 0 Å². The summed E-state index contributed by atoms with van der Waals surface area (Å²) < 4.78 is 0. The Labute approximate surface area is 146 Å². The smallest absolute Gasteiger partial charge is 0.0966 e. The Bertz CT molecular complexity index is 550. The van der Waals surface area contributed by atoms with Crippen molar-refractivity contribution in [3.8, 4) is 0 Å². The SMILES string of the molecule is C=C(C(Cl)=CCC(=N)CC)C1N=CCCC(CC=CC)=C1CC. The van der Waals surface area contributed by atoms with Gasteiger partial charge < -0.3 is 5.41 Å². The van der Waals surface area contributed by atoms with E-state index in [0.717, 1.165) is 37.7 Å². The predicted octanol–water partition coefficient (Wildman–Crippen LogP) is 6.39. The number of aliphatic imine (C=N–C) groups is 1. The van der Waals surface area contributed by atoms with Gasteiger partial charge in [-0.2, -0.15) is 0 Å². The Balaban J connectivity index is 3.04. The molecule has 1 heterocycles. The molecule has 1 rings (SSSR count). The second-order valence-electron chi connectivity index (χ2n) is 5.77. The van der Waals surface area contributed by atoms with Gasteiger partial charge in [-0.15, -0.1) is 0 Å². The van der Waals surface area contributed by atoms with Crippen molar-refractivity contribution in [1.82, 2.24) is 0 Å². The molecule has 0 aromatic heterocycles. The van der Waals surface area contributed by atoms with Crippen molar-refractivity contribution >= 4 is 23.5 Å². The molecular weight excluding hydrogens is 304 g/mol. The van der Waals surface area contributed by atoms with E-state index >= 15 is 0 Å². The standard InChI is InChI=1S/C20H29ClN2/c1-5-8-10-16-11-9-14-23-20(18(16)7-3)15(4)19(21)13-12-17(22)6-2/h5,8,13-14,20,22H,4,6-7,9-12H2,1-3H3. The summed E-state index contributed by atoms with van der Waals surface area (Å²) in [7, 11) is 0. The van der Waals surface area contributed by atoms with Gasteiger partial charge in [-0.3, -0.25) is 4.99 Å². The summed E-state index contributed by atoms with van der Waals surface area (Å²) in [5, 5.41) is 8.40. The molecule has 2 nitrogen and oxygen atoms in total. The van der Waals surface area contributed by atoms with E-state index in [-0.39, 0.29) is 6.04 Å². The molecule has 0 saturated carbocycles. The third-order valence-electron chi connectivity index (χ3n) is 4.19. The number of halogens is 1. The van der Waals surface area contributed by atoms with Crippen LogP contribution >= 0.6 is 11.6 Å². The molecule has 3 heteroatoms. The van der Waals surface area contributed by atoms with Gasteiger partial charge in [0.1, 0.15) is 0 Å². The Morgan fingerprint density at radius 1 is 1.48 bits per heavy atom. The molecule has 1 aliphatic heterocycles. The van der Waals surface area contributed by atoms with Gasteiger partial charge in [0, 0.05) is 23.4 Å². The topological polar surface area (TPSA) is 36.2 Å². The van der Waals surface area contributed by atoms with E-state index in [4.69, 9.17) is 22.0 Å². The Kier molecular flexibility index (Phi) is 8.86. The van der Waals surface area contributed by atoms with Gasteiger partial charge in [-0.1, -0.05) is 55.8 Å². The molecule has 0 saturated heterocycles. The molecule has 126 valence electrons. The van der Waals surface area contributed by atoms with Gasteiger partial charge in [-0.05, 0) is 50.2 Å². The molecule has 23 heavy (non-hydrogen) atoms. The first-order chi connectivity index (χ1) is 11.0. The van der Waals surface area contributed by atoms with E-state index in [0.29, 0.717) is 17.2 Å². The molecule has 1 N–H and O–H groups in total.